The van der Waals surface area contributed by atoms with Gasteiger partial charge in [0, 0.05) is 6.16 Å². The molecule has 0 aliphatic heterocycles. The van der Waals surface area contributed by atoms with E-state index in [1.807, 2.05) is 0 Å². The molecule has 2 aromatic carbocycles. The van der Waals surface area contributed by atoms with Crippen LogP contribution in [-0.2, 0) is 0 Å². The number of hydrogen-bond donors (Lipinski definition) is 0. The summed E-state index contributed by atoms with van der Waals surface area (Å²) in [6.07, 6.45) is 11.0. The van der Waals surface area contributed by atoms with Crippen LogP contribution in [0.4, 0.5) is 0 Å². The molecule has 0 nitrogen and oxygen atoms in total. The fourth-order valence-corrected chi connectivity index (χ4v) is 11.7. The molecule has 0 heterocycles. The Hall–Kier alpha value is -1.22. The predicted octanol–water partition coefficient (Wildman–Crippen LogP) is 8.85. The molecule has 1 aliphatic carbocycles. The van der Waals surface area contributed by atoms with Crippen molar-refractivity contribution < 1.29 is 0 Å². The summed E-state index contributed by atoms with van der Waals surface area (Å²) in [6, 6.07) is 18.1. The van der Waals surface area contributed by atoms with Crippen molar-refractivity contribution in [2.75, 3.05) is 12.3 Å². The molecular formula is C31H44P2. The minimum atomic E-state index is -0.421. The third kappa shape index (κ3) is 6.08. The van der Waals surface area contributed by atoms with Crippen LogP contribution in [0.2, 0.25) is 0 Å². The van der Waals surface area contributed by atoms with Crippen LogP contribution in [0.5, 0.6) is 0 Å². The number of benzene rings is 2. The van der Waals surface area contributed by atoms with Gasteiger partial charge < -0.3 is 0 Å². The van der Waals surface area contributed by atoms with Gasteiger partial charge in [-0.25, -0.2) is 0 Å². The number of hydrogen-bond acceptors (Lipinski definition) is 0. The normalized spacial score (nSPS) is 14.7. The van der Waals surface area contributed by atoms with Crippen molar-refractivity contribution in [1.82, 2.24) is 0 Å². The van der Waals surface area contributed by atoms with Crippen LogP contribution in [0.15, 0.2) is 71.8 Å². The van der Waals surface area contributed by atoms with Gasteiger partial charge in [-0.2, -0.15) is 0 Å². The Balaban J connectivity index is 2.02. The standard InChI is InChI=1S/C31H44P2/c1-9-30(5,6)33(31(7,8)10-2)23-27-19-15-18-26(27)22-32(28-20-13-11-16-24(28)3)29-21-14-12-17-25(29)4/h11-18,20-21H,9-10,19,22-23H2,1-8H3. The molecule has 0 atom stereocenters. The van der Waals surface area contributed by atoms with E-state index in [1.54, 1.807) is 21.8 Å². The monoisotopic (exact) mass is 478 g/mol. The van der Waals surface area contributed by atoms with Crippen LogP contribution in [0, 0.1) is 13.8 Å². The van der Waals surface area contributed by atoms with E-state index >= 15 is 0 Å². The van der Waals surface area contributed by atoms with Gasteiger partial charge in [0.2, 0.25) is 0 Å². The third-order valence-electron chi connectivity index (χ3n) is 7.82. The highest BCUT2D eigenvalue weighted by molar-refractivity contribution is 7.73. The van der Waals surface area contributed by atoms with Crippen molar-refractivity contribution in [1.29, 1.82) is 0 Å². The van der Waals surface area contributed by atoms with Gasteiger partial charge in [0.15, 0.2) is 0 Å². The zero-order chi connectivity index (χ0) is 24.2. The zero-order valence-corrected chi connectivity index (χ0v) is 24.0. The van der Waals surface area contributed by atoms with E-state index in [4.69, 9.17) is 0 Å². The molecule has 3 rings (SSSR count). The van der Waals surface area contributed by atoms with E-state index in [-0.39, 0.29) is 7.92 Å². The zero-order valence-electron chi connectivity index (χ0n) is 22.2. The summed E-state index contributed by atoms with van der Waals surface area (Å²) >= 11 is 0. The van der Waals surface area contributed by atoms with Crippen LogP contribution in [0.3, 0.4) is 0 Å². The molecule has 0 saturated heterocycles. The van der Waals surface area contributed by atoms with Crippen LogP contribution in [0.25, 0.3) is 0 Å². The smallest absolute Gasteiger partial charge is 0.000731 e. The van der Waals surface area contributed by atoms with Crippen molar-refractivity contribution in [3.8, 4) is 0 Å². The summed E-state index contributed by atoms with van der Waals surface area (Å²) in [5.41, 5.74) is 6.20. The molecule has 0 unspecified atom stereocenters. The Bertz CT molecular complexity index is 948. The summed E-state index contributed by atoms with van der Waals surface area (Å²) in [7, 11) is -0.542. The summed E-state index contributed by atoms with van der Waals surface area (Å²) < 4.78 is 0. The van der Waals surface area contributed by atoms with E-state index in [9.17, 15) is 0 Å². The van der Waals surface area contributed by atoms with Crippen molar-refractivity contribution in [2.24, 2.45) is 0 Å². The Morgan fingerprint density at radius 3 is 1.67 bits per heavy atom. The predicted molar refractivity (Wildman–Crippen MR) is 155 cm³/mol. The molecule has 0 bridgehead atoms. The van der Waals surface area contributed by atoms with Gasteiger partial charge in [0.25, 0.3) is 0 Å². The van der Waals surface area contributed by atoms with E-state index in [1.165, 1.54) is 36.3 Å². The summed E-state index contributed by atoms with van der Waals surface area (Å²) in [5, 5.41) is 3.90. The first-order valence-corrected chi connectivity index (χ1v) is 15.7. The Morgan fingerprint density at radius 2 is 1.21 bits per heavy atom. The van der Waals surface area contributed by atoms with Crippen molar-refractivity contribution in [3.63, 3.8) is 0 Å². The Morgan fingerprint density at radius 1 is 0.727 bits per heavy atom. The first kappa shape index (κ1) is 26.4. The van der Waals surface area contributed by atoms with Crippen LogP contribution in [0.1, 0.15) is 71.9 Å². The molecule has 0 spiro atoms. The molecule has 0 radical (unpaired) electrons. The van der Waals surface area contributed by atoms with E-state index in [0.29, 0.717) is 10.3 Å². The maximum absolute atomic E-state index is 2.52. The van der Waals surface area contributed by atoms with E-state index < -0.39 is 7.92 Å². The lowest BCUT2D eigenvalue weighted by Gasteiger charge is -2.45. The summed E-state index contributed by atoms with van der Waals surface area (Å²) in [4.78, 5) is 0. The molecule has 33 heavy (non-hydrogen) atoms. The third-order valence-corrected chi connectivity index (χ3v) is 14.9. The topological polar surface area (TPSA) is 0 Å². The number of aryl methyl sites for hydroxylation is 2. The van der Waals surface area contributed by atoms with Crippen molar-refractivity contribution >= 4 is 26.5 Å². The first-order valence-electron chi connectivity index (χ1n) is 12.6. The van der Waals surface area contributed by atoms with Crippen LogP contribution < -0.4 is 10.6 Å². The quantitative estimate of drug-likeness (QED) is 0.299. The largest absolute Gasteiger partial charge is 0.0909 e. The van der Waals surface area contributed by atoms with E-state index in [2.05, 4.69) is 116 Å². The molecule has 178 valence electrons. The van der Waals surface area contributed by atoms with Gasteiger partial charge in [-0.1, -0.05) is 116 Å². The van der Waals surface area contributed by atoms with Gasteiger partial charge in [-0.05, 0) is 84.8 Å². The van der Waals surface area contributed by atoms with Crippen LogP contribution >= 0.6 is 15.8 Å². The minimum Gasteiger partial charge on any atom is -0.0909 e. The first-order chi connectivity index (χ1) is 15.6. The SMILES string of the molecule is CCC(C)(C)P(CC1=C(CP(c2ccccc2C)c2ccccc2C)C=CC1)C(C)(C)CC. The number of rotatable bonds is 10. The lowest BCUT2D eigenvalue weighted by atomic mass is 10.1. The van der Waals surface area contributed by atoms with Crippen LogP contribution in [-0.4, -0.2) is 22.6 Å². The molecule has 2 heteroatoms. The second-order valence-electron chi connectivity index (χ2n) is 10.8. The molecule has 2 aromatic rings. The molecular weight excluding hydrogens is 434 g/mol. The van der Waals surface area contributed by atoms with Gasteiger partial charge in [0.05, 0.1) is 0 Å². The summed E-state index contributed by atoms with van der Waals surface area (Å²) in [6.45, 7) is 19.4. The second kappa shape index (κ2) is 11.0. The molecule has 0 aromatic heterocycles. The average Bonchev–Trinajstić information content (AvgIpc) is 3.23. The lowest BCUT2D eigenvalue weighted by Crippen LogP contribution is -2.31. The average molecular weight is 479 g/mol. The molecule has 0 saturated carbocycles. The van der Waals surface area contributed by atoms with Gasteiger partial charge in [-0.15, -0.1) is 0 Å². The lowest BCUT2D eigenvalue weighted by molar-refractivity contribution is 0.603. The molecule has 0 amide bonds. The van der Waals surface area contributed by atoms with Crippen molar-refractivity contribution in [2.45, 2.75) is 85.0 Å². The molecule has 0 fully saturated rings. The minimum absolute atomic E-state index is 0.122. The Labute approximate surface area is 206 Å². The van der Waals surface area contributed by atoms with E-state index in [0.717, 1.165) is 6.42 Å². The fourth-order valence-electron chi connectivity index (χ4n) is 4.95. The Kier molecular flexibility index (Phi) is 8.81. The highest BCUT2D eigenvalue weighted by Gasteiger charge is 2.38. The number of allylic oxidation sites excluding steroid dienone is 4. The highest BCUT2D eigenvalue weighted by Crippen LogP contribution is 2.63. The van der Waals surface area contributed by atoms with Crippen molar-refractivity contribution in [3.05, 3.63) is 83.0 Å². The van der Waals surface area contributed by atoms with Gasteiger partial charge >= 0.3 is 0 Å². The second-order valence-corrected chi connectivity index (χ2v) is 16.5. The molecule has 0 N–H and O–H groups in total. The maximum Gasteiger partial charge on any atom is 0.000731 e. The highest BCUT2D eigenvalue weighted by atomic mass is 31.1. The summed E-state index contributed by atoms with van der Waals surface area (Å²) in [5.74, 6) is 0. The maximum atomic E-state index is 2.52. The fraction of sp³-hybridized carbons (Fsp3) is 0.484. The van der Waals surface area contributed by atoms with Gasteiger partial charge in [0.1, 0.15) is 0 Å². The molecule has 1 aliphatic rings. The van der Waals surface area contributed by atoms with Gasteiger partial charge in [-0.3, -0.25) is 0 Å².